The van der Waals surface area contributed by atoms with Crippen molar-refractivity contribution in [2.75, 3.05) is 12.8 Å². The molecule has 0 aromatic carbocycles. The molecule has 0 aliphatic heterocycles. The Labute approximate surface area is 70.1 Å². The Hall–Kier alpha value is -0.960. The van der Waals surface area contributed by atoms with E-state index in [0.717, 1.165) is 5.56 Å². The van der Waals surface area contributed by atoms with E-state index in [2.05, 4.69) is 4.98 Å². The molecule has 60 valence electrons. The monoisotopic (exact) mass is 172 g/mol. The molecule has 1 heterocycles. The molecule has 0 saturated heterocycles. The third kappa shape index (κ3) is 1.54. The van der Waals surface area contributed by atoms with Gasteiger partial charge in [-0.2, -0.15) is 4.98 Å². The van der Waals surface area contributed by atoms with Crippen LogP contribution in [0, 0.1) is 6.92 Å². The molecule has 0 atom stereocenters. The summed E-state index contributed by atoms with van der Waals surface area (Å²) in [7, 11) is 1.54. The van der Waals surface area contributed by atoms with Gasteiger partial charge in [0.15, 0.2) is 0 Å². The standard InChI is InChI=1S/C7H9ClN2O/c1-4-3-5(8)6(9)10-7(4)11-2/h3H,1-2H3,(H2,9,10). The SMILES string of the molecule is COc1nc(N)c(Cl)cc1C. The van der Waals surface area contributed by atoms with Crippen molar-refractivity contribution in [2.45, 2.75) is 6.92 Å². The van der Waals surface area contributed by atoms with Gasteiger partial charge < -0.3 is 10.5 Å². The number of aryl methyl sites for hydroxylation is 1. The fraction of sp³-hybridized carbons (Fsp3) is 0.286. The lowest BCUT2D eigenvalue weighted by Crippen LogP contribution is -1.96. The summed E-state index contributed by atoms with van der Waals surface area (Å²) in [4.78, 5) is 3.91. The molecule has 0 fully saturated rings. The number of anilines is 1. The van der Waals surface area contributed by atoms with Crippen molar-refractivity contribution in [1.82, 2.24) is 4.98 Å². The van der Waals surface area contributed by atoms with Crippen molar-refractivity contribution in [1.29, 1.82) is 0 Å². The van der Waals surface area contributed by atoms with Gasteiger partial charge in [-0.05, 0) is 13.0 Å². The zero-order valence-electron chi connectivity index (χ0n) is 6.39. The summed E-state index contributed by atoms with van der Waals surface area (Å²) in [6, 6.07) is 1.72. The molecule has 3 nitrogen and oxygen atoms in total. The molecule has 2 N–H and O–H groups in total. The van der Waals surface area contributed by atoms with Crippen LogP contribution in [0.4, 0.5) is 5.82 Å². The number of nitrogens with zero attached hydrogens (tertiary/aromatic N) is 1. The van der Waals surface area contributed by atoms with Gasteiger partial charge in [0, 0.05) is 5.56 Å². The van der Waals surface area contributed by atoms with Crippen molar-refractivity contribution in [2.24, 2.45) is 0 Å². The fourth-order valence-electron chi connectivity index (χ4n) is 0.783. The lowest BCUT2D eigenvalue weighted by Gasteiger charge is -2.04. The van der Waals surface area contributed by atoms with Crippen LogP contribution < -0.4 is 10.5 Å². The molecule has 4 heteroatoms. The van der Waals surface area contributed by atoms with Crippen LogP contribution >= 0.6 is 11.6 Å². The topological polar surface area (TPSA) is 48.1 Å². The fourth-order valence-corrected chi connectivity index (χ4v) is 0.989. The minimum absolute atomic E-state index is 0.300. The number of nitrogens with two attached hydrogens (primary N) is 1. The number of rotatable bonds is 1. The average molecular weight is 173 g/mol. The Morgan fingerprint density at radius 1 is 1.64 bits per heavy atom. The third-order valence-corrected chi connectivity index (χ3v) is 1.64. The molecule has 1 aromatic heterocycles. The van der Waals surface area contributed by atoms with E-state index in [1.54, 1.807) is 13.2 Å². The van der Waals surface area contributed by atoms with Gasteiger partial charge in [0.05, 0.1) is 12.1 Å². The number of pyridine rings is 1. The van der Waals surface area contributed by atoms with E-state index < -0.39 is 0 Å². The predicted octanol–water partition coefficient (Wildman–Crippen LogP) is 1.63. The number of ether oxygens (including phenoxy) is 1. The second kappa shape index (κ2) is 2.96. The van der Waals surface area contributed by atoms with Gasteiger partial charge in [0.25, 0.3) is 0 Å². The summed E-state index contributed by atoms with van der Waals surface area (Å²) in [5, 5.41) is 0.461. The molecule has 1 rings (SSSR count). The maximum Gasteiger partial charge on any atom is 0.218 e. The molecule has 0 radical (unpaired) electrons. The third-order valence-electron chi connectivity index (χ3n) is 1.34. The predicted molar refractivity (Wildman–Crippen MR) is 44.9 cm³/mol. The van der Waals surface area contributed by atoms with Gasteiger partial charge >= 0.3 is 0 Å². The highest BCUT2D eigenvalue weighted by Crippen LogP contribution is 2.23. The van der Waals surface area contributed by atoms with E-state index in [4.69, 9.17) is 22.1 Å². The molecular formula is C7H9ClN2O. The molecule has 0 aliphatic carbocycles. The average Bonchev–Trinajstić information content (AvgIpc) is 1.97. The Morgan fingerprint density at radius 3 is 2.82 bits per heavy atom. The number of nitrogen functional groups attached to an aromatic ring is 1. The quantitative estimate of drug-likeness (QED) is 0.701. The van der Waals surface area contributed by atoms with Gasteiger partial charge in [-0.15, -0.1) is 0 Å². The number of hydrogen-bond donors (Lipinski definition) is 1. The van der Waals surface area contributed by atoms with E-state index in [0.29, 0.717) is 16.7 Å². The first-order valence-electron chi connectivity index (χ1n) is 3.11. The number of methoxy groups -OCH3 is 1. The van der Waals surface area contributed by atoms with Crippen molar-refractivity contribution < 1.29 is 4.74 Å². The van der Waals surface area contributed by atoms with Crippen LogP contribution in [0.5, 0.6) is 5.88 Å². The smallest absolute Gasteiger partial charge is 0.218 e. The van der Waals surface area contributed by atoms with Gasteiger partial charge in [0.1, 0.15) is 5.82 Å². The van der Waals surface area contributed by atoms with Crippen LogP contribution in [0.1, 0.15) is 5.56 Å². The molecule has 0 spiro atoms. The zero-order chi connectivity index (χ0) is 8.43. The van der Waals surface area contributed by atoms with Gasteiger partial charge in [-0.25, -0.2) is 0 Å². The molecule has 11 heavy (non-hydrogen) atoms. The molecule has 1 aromatic rings. The summed E-state index contributed by atoms with van der Waals surface area (Å²) in [5.41, 5.74) is 6.32. The first kappa shape index (κ1) is 8.14. The maximum absolute atomic E-state index is 5.70. The second-order valence-corrected chi connectivity index (χ2v) is 2.59. The lowest BCUT2D eigenvalue weighted by molar-refractivity contribution is 0.395. The summed E-state index contributed by atoms with van der Waals surface area (Å²) in [6.45, 7) is 1.86. The summed E-state index contributed by atoms with van der Waals surface area (Å²) in [5.74, 6) is 0.820. The summed E-state index contributed by atoms with van der Waals surface area (Å²) in [6.07, 6.45) is 0. The summed E-state index contributed by atoms with van der Waals surface area (Å²) < 4.78 is 4.93. The number of hydrogen-bond acceptors (Lipinski definition) is 3. The Balaban J connectivity index is 3.21. The van der Waals surface area contributed by atoms with Crippen LogP contribution in [0.25, 0.3) is 0 Å². The molecule has 0 bridgehead atoms. The van der Waals surface area contributed by atoms with Crippen molar-refractivity contribution in [3.63, 3.8) is 0 Å². The second-order valence-electron chi connectivity index (χ2n) is 2.18. The Morgan fingerprint density at radius 2 is 2.27 bits per heavy atom. The van der Waals surface area contributed by atoms with Crippen LogP contribution in [-0.2, 0) is 0 Å². The highest BCUT2D eigenvalue weighted by molar-refractivity contribution is 6.32. The Bertz CT molecular complexity index is 275. The molecule has 0 aliphatic rings. The van der Waals surface area contributed by atoms with Gasteiger partial charge in [-0.3, -0.25) is 0 Å². The van der Waals surface area contributed by atoms with E-state index in [9.17, 15) is 0 Å². The van der Waals surface area contributed by atoms with Crippen LogP contribution in [-0.4, -0.2) is 12.1 Å². The van der Waals surface area contributed by atoms with E-state index >= 15 is 0 Å². The molecule has 0 saturated carbocycles. The van der Waals surface area contributed by atoms with E-state index in [1.165, 1.54) is 0 Å². The molecular weight excluding hydrogens is 164 g/mol. The largest absolute Gasteiger partial charge is 0.481 e. The first-order valence-corrected chi connectivity index (χ1v) is 3.49. The van der Waals surface area contributed by atoms with E-state index in [1.807, 2.05) is 6.92 Å². The Kier molecular flexibility index (Phi) is 2.19. The van der Waals surface area contributed by atoms with E-state index in [-0.39, 0.29) is 0 Å². The number of aromatic nitrogens is 1. The zero-order valence-corrected chi connectivity index (χ0v) is 7.14. The highest BCUT2D eigenvalue weighted by atomic mass is 35.5. The van der Waals surface area contributed by atoms with Crippen molar-refractivity contribution in [3.05, 3.63) is 16.7 Å². The normalized spacial score (nSPS) is 9.73. The van der Waals surface area contributed by atoms with Crippen LogP contribution in [0.2, 0.25) is 5.02 Å². The maximum atomic E-state index is 5.70. The minimum atomic E-state index is 0.300. The molecule has 0 unspecified atom stereocenters. The number of halogens is 1. The van der Waals surface area contributed by atoms with Gasteiger partial charge in [-0.1, -0.05) is 11.6 Å². The molecule has 0 amide bonds. The van der Waals surface area contributed by atoms with Crippen molar-refractivity contribution in [3.8, 4) is 5.88 Å². The van der Waals surface area contributed by atoms with Crippen LogP contribution in [0.3, 0.4) is 0 Å². The van der Waals surface area contributed by atoms with Crippen molar-refractivity contribution >= 4 is 17.4 Å². The van der Waals surface area contributed by atoms with Gasteiger partial charge in [0.2, 0.25) is 5.88 Å². The minimum Gasteiger partial charge on any atom is -0.481 e. The summed E-state index contributed by atoms with van der Waals surface area (Å²) >= 11 is 5.70. The lowest BCUT2D eigenvalue weighted by atomic mass is 10.3. The first-order chi connectivity index (χ1) is 5.15. The highest BCUT2D eigenvalue weighted by Gasteiger charge is 2.03. The van der Waals surface area contributed by atoms with Crippen LogP contribution in [0.15, 0.2) is 6.07 Å².